The zero-order valence-corrected chi connectivity index (χ0v) is 14.4. The molecule has 0 aliphatic carbocycles. The Morgan fingerprint density at radius 3 is 2.65 bits per heavy atom. The van der Waals surface area contributed by atoms with Crippen LogP contribution in [0.2, 0.25) is 0 Å². The molecular formula is C20H21N3O3. The topological polar surface area (TPSA) is 95.1 Å². The first-order valence-corrected chi connectivity index (χ1v) is 8.64. The third-order valence-corrected chi connectivity index (χ3v) is 4.16. The zero-order chi connectivity index (χ0) is 18.4. The summed E-state index contributed by atoms with van der Waals surface area (Å²) in [4.78, 5) is 31.1. The molecule has 0 fully saturated rings. The lowest BCUT2D eigenvalue weighted by Gasteiger charge is -2.06. The SMILES string of the molecule is O=C(CCc1nc2ccccc2[nH]c1=O)NCCCc1ccc(O)cc1. The number of rotatable bonds is 7. The molecule has 1 amide bonds. The molecule has 3 rings (SSSR count). The molecule has 0 saturated carbocycles. The third-order valence-electron chi connectivity index (χ3n) is 4.16. The van der Waals surface area contributed by atoms with Crippen LogP contribution in [0.3, 0.4) is 0 Å². The molecule has 3 aromatic rings. The van der Waals surface area contributed by atoms with Crippen molar-refractivity contribution in [3.63, 3.8) is 0 Å². The second kappa shape index (κ2) is 8.29. The lowest BCUT2D eigenvalue weighted by molar-refractivity contribution is -0.121. The van der Waals surface area contributed by atoms with Crippen LogP contribution >= 0.6 is 0 Å². The minimum absolute atomic E-state index is 0.0925. The van der Waals surface area contributed by atoms with Crippen molar-refractivity contribution in [2.45, 2.75) is 25.7 Å². The Labute approximate surface area is 150 Å². The lowest BCUT2D eigenvalue weighted by atomic mass is 10.1. The van der Waals surface area contributed by atoms with Gasteiger partial charge in [-0.25, -0.2) is 4.98 Å². The molecule has 6 heteroatoms. The summed E-state index contributed by atoms with van der Waals surface area (Å²) in [6.45, 7) is 0.571. The second-order valence-electron chi connectivity index (χ2n) is 6.15. The van der Waals surface area contributed by atoms with Crippen molar-refractivity contribution < 1.29 is 9.90 Å². The Morgan fingerprint density at radius 1 is 1.08 bits per heavy atom. The normalized spacial score (nSPS) is 10.8. The Hall–Kier alpha value is -3.15. The molecule has 1 aromatic heterocycles. The Bertz CT molecular complexity index is 948. The molecule has 0 spiro atoms. The van der Waals surface area contributed by atoms with Gasteiger partial charge in [-0.05, 0) is 42.7 Å². The first-order chi connectivity index (χ1) is 12.6. The quantitative estimate of drug-likeness (QED) is 0.569. The maximum atomic E-state index is 12.0. The van der Waals surface area contributed by atoms with Gasteiger partial charge in [0.15, 0.2) is 0 Å². The van der Waals surface area contributed by atoms with Gasteiger partial charge in [0, 0.05) is 19.4 Å². The number of amides is 1. The van der Waals surface area contributed by atoms with Crippen LogP contribution in [0.1, 0.15) is 24.1 Å². The number of hydrogen-bond donors (Lipinski definition) is 3. The summed E-state index contributed by atoms with van der Waals surface area (Å²) >= 11 is 0. The predicted molar refractivity (Wildman–Crippen MR) is 100 cm³/mol. The number of aromatic hydroxyl groups is 1. The highest BCUT2D eigenvalue weighted by Gasteiger charge is 2.08. The summed E-state index contributed by atoms with van der Waals surface area (Å²) in [5.74, 6) is 0.157. The van der Waals surface area contributed by atoms with Crippen molar-refractivity contribution in [1.29, 1.82) is 0 Å². The molecule has 0 unspecified atom stereocenters. The number of hydrogen-bond acceptors (Lipinski definition) is 4. The number of carbonyl (C=O) groups is 1. The van der Waals surface area contributed by atoms with Gasteiger partial charge in [-0.1, -0.05) is 24.3 Å². The fourth-order valence-electron chi connectivity index (χ4n) is 2.74. The standard InChI is InChI=1S/C20H21N3O3/c24-15-9-7-14(8-10-15)4-3-13-21-19(25)12-11-18-20(26)23-17-6-2-1-5-16(17)22-18/h1-2,5-10,24H,3-4,11-13H2,(H,21,25)(H,23,26). The number of benzene rings is 2. The van der Waals surface area contributed by atoms with E-state index in [1.165, 1.54) is 0 Å². The number of aryl methyl sites for hydroxylation is 2. The van der Waals surface area contributed by atoms with Gasteiger partial charge in [0.05, 0.1) is 11.0 Å². The summed E-state index contributed by atoms with van der Waals surface area (Å²) in [5, 5.41) is 12.1. The van der Waals surface area contributed by atoms with Gasteiger partial charge in [-0.15, -0.1) is 0 Å². The number of fused-ring (bicyclic) bond motifs is 1. The Kier molecular flexibility index (Phi) is 5.63. The molecule has 2 aromatic carbocycles. The van der Waals surface area contributed by atoms with E-state index in [-0.39, 0.29) is 23.6 Å². The molecule has 6 nitrogen and oxygen atoms in total. The number of H-pyrrole nitrogens is 1. The summed E-state index contributed by atoms with van der Waals surface area (Å²) in [7, 11) is 0. The van der Waals surface area contributed by atoms with Crippen LogP contribution in [0.5, 0.6) is 5.75 Å². The van der Waals surface area contributed by atoms with Gasteiger partial charge in [0.1, 0.15) is 11.4 Å². The highest BCUT2D eigenvalue weighted by molar-refractivity contribution is 5.76. The molecule has 26 heavy (non-hydrogen) atoms. The van der Waals surface area contributed by atoms with E-state index >= 15 is 0 Å². The fraction of sp³-hybridized carbons (Fsp3) is 0.250. The van der Waals surface area contributed by atoms with Crippen molar-refractivity contribution in [3.05, 3.63) is 70.1 Å². The summed E-state index contributed by atoms with van der Waals surface area (Å²) in [5.41, 5.74) is 2.66. The highest BCUT2D eigenvalue weighted by Crippen LogP contribution is 2.11. The van der Waals surface area contributed by atoms with Gasteiger partial charge in [-0.2, -0.15) is 0 Å². The Balaban J connectivity index is 1.44. The third kappa shape index (κ3) is 4.69. The second-order valence-corrected chi connectivity index (χ2v) is 6.15. The zero-order valence-electron chi connectivity index (χ0n) is 14.4. The molecule has 0 atom stereocenters. The molecular weight excluding hydrogens is 330 g/mol. The van der Waals surface area contributed by atoms with Gasteiger partial charge in [-0.3, -0.25) is 9.59 Å². The smallest absolute Gasteiger partial charge is 0.270 e. The summed E-state index contributed by atoms with van der Waals surface area (Å²) in [6, 6.07) is 14.4. The average molecular weight is 351 g/mol. The van der Waals surface area contributed by atoms with E-state index in [1.807, 2.05) is 30.3 Å². The number of nitrogens with zero attached hydrogens (tertiary/aromatic N) is 1. The van der Waals surface area contributed by atoms with E-state index in [0.717, 1.165) is 23.9 Å². The minimum Gasteiger partial charge on any atom is -0.508 e. The molecule has 0 bridgehead atoms. The minimum atomic E-state index is -0.246. The van der Waals surface area contributed by atoms with Gasteiger partial charge < -0.3 is 15.4 Å². The number of aromatic nitrogens is 2. The molecule has 134 valence electrons. The number of nitrogens with one attached hydrogen (secondary N) is 2. The predicted octanol–water partition coefficient (Wildman–Crippen LogP) is 2.31. The van der Waals surface area contributed by atoms with Crippen molar-refractivity contribution in [3.8, 4) is 5.75 Å². The maximum Gasteiger partial charge on any atom is 0.270 e. The maximum absolute atomic E-state index is 12.0. The number of carbonyl (C=O) groups excluding carboxylic acids is 1. The molecule has 0 radical (unpaired) electrons. The lowest BCUT2D eigenvalue weighted by Crippen LogP contribution is -2.26. The Morgan fingerprint density at radius 2 is 1.85 bits per heavy atom. The highest BCUT2D eigenvalue weighted by atomic mass is 16.3. The van der Waals surface area contributed by atoms with Crippen LogP contribution in [0.15, 0.2) is 53.3 Å². The average Bonchev–Trinajstić information content (AvgIpc) is 2.65. The fourth-order valence-corrected chi connectivity index (χ4v) is 2.74. The molecule has 0 aliphatic rings. The first-order valence-electron chi connectivity index (χ1n) is 8.64. The molecule has 0 saturated heterocycles. The van der Waals surface area contributed by atoms with E-state index in [4.69, 9.17) is 0 Å². The van der Waals surface area contributed by atoms with Crippen molar-refractivity contribution in [1.82, 2.24) is 15.3 Å². The van der Waals surface area contributed by atoms with Crippen LogP contribution in [-0.4, -0.2) is 27.5 Å². The van der Waals surface area contributed by atoms with Crippen LogP contribution in [0.4, 0.5) is 0 Å². The number of phenols is 1. The van der Waals surface area contributed by atoms with Crippen LogP contribution in [0, 0.1) is 0 Å². The number of phenolic OH excluding ortho intramolecular Hbond substituents is 1. The monoisotopic (exact) mass is 351 g/mol. The summed E-state index contributed by atoms with van der Waals surface area (Å²) < 4.78 is 0. The van der Waals surface area contributed by atoms with Gasteiger partial charge >= 0.3 is 0 Å². The van der Waals surface area contributed by atoms with E-state index in [9.17, 15) is 14.7 Å². The van der Waals surface area contributed by atoms with E-state index in [1.54, 1.807) is 18.2 Å². The first kappa shape index (κ1) is 17.7. The summed E-state index contributed by atoms with van der Waals surface area (Å²) in [6.07, 6.45) is 2.18. The van der Waals surface area contributed by atoms with Crippen molar-refractivity contribution >= 4 is 16.9 Å². The van der Waals surface area contributed by atoms with Crippen LogP contribution < -0.4 is 10.9 Å². The molecule has 1 heterocycles. The van der Waals surface area contributed by atoms with E-state index in [2.05, 4.69) is 15.3 Å². The van der Waals surface area contributed by atoms with Crippen LogP contribution in [0.25, 0.3) is 11.0 Å². The molecule has 3 N–H and O–H groups in total. The number of para-hydroxylation sites is 2. The van der Waals surface area contributed by atoms with Crippen molar-refractivity contribution in [2.24, 2.45) is 0 Å². The van der Waals surface area contributed by atoms with E-state index in [0.29, 0.717) is 24.2 Å². The largest absolute Gasteiger partial charge is 0.508 e. The van der Waals surface area contributed by atoms with Gasteiger partial charge in [0.25, 0.3) is 5.56 Å². The van der Waals surface area contributed by atoms with Crippen LogP contribution in [-0.2, 0) is 17.6 Å². The number of aromatic amines is 1. The molecule has 0 aliphatic heterocycles. The van der Waals surface area contributed by atoms with E-state index < -0.39 is 0 Å². The van der Waals surface area contributed by atoms with Crippen molar-refractivity contribution in [2.75, 3.05) is 6.54 Å². The van der Waals surface area contributed by atoms with Gasteiger partial charge in [0.2, 0.25) is 5.91 Å².